The summed E-state index contributed by atoms with van der Waals surface area (Å²) in [6.45, 7) is 0. The molecule has 0 aromatic heterocycles. The molecule has 104 valence electrons. The van der Waals surface area contributed by atoms with Crippen molar-refractivity contribution in [3.05, 3.63) is 65.7 Å². The molecule has 2 N–H and O–H groups in total. The first-order chi connectivity index (χ1) is 9.69. The molecule has 0 aliphatic heterocycles. The van der Waals surface area contributed by atoms with Crippen molar-refractivity contribution in [2.45, 2.75) is 12.6 Å². The minimum absolute atomic E-state index is 0.416. The summed E-state index contributed by atoms with van der Waals surface area (Å²) in [5.41, 5.74) is 7.30. The molecule has 4 heteroatoms. The minimum Gasteiger partial charge on any atom is -0.497 e. The lowest BCUT2D eigenvalue weighted by Gasteiger charge is -2.13. The molecule has 0 heterocycles. The van der Waals surface area contributed by atoms with Crippen LogP contribution in [0.4, 0.5) is 0 Å². The molecule has 0 fully saturated rings. The normalized spacial score (nSPS) is 11.7. The Balaban J connectivity index is 1.95. The number of carbonyl (C=O) groups is 1. The molecule has 1 atom stereocenters. The van der Waals surface area contributed by atoms with Gasteiger partial charge in [-0.25, -0.2) is 4.79 Å². The Morgan fingerprint density at radius 1 is 1.15 bits per heavy atom. The molecule has 0 spiro atoms. The molecule has 0 aliphatic rings. The molecule has 2 aromatic rings. The second kappa shape index (κ2) is 6.73. The highest BCUT2D eigenvalue weighted by Crippen LogP contribution is 2.14. The lowest BCUT2D eigenvalue weighted by molar-refractivity contribution is 0.0317. The van der Waals surface area contributed by atoms with Crippen molar-refractivity contribution in [2.75, 3.05) is 7.11 Å². The van der Waals surface area contributed by atoms with Crippen LogP contribution < -0.4 is 10.5 Å². The molecular formula is C16H17NO3. The number of hydrogen-bond donors (Lipinski definition) is 1. The Hall–Kier alpha value is -2.33. The smallest absolute Gasteiger partial charge is 0.339 e. The van der Waals surface area contributed by atoms with Crippen LogP contribution in [0.5, 0.6) is 5.75 Å². The lowest BCUT2D eigenvalue weighted by atomic mass is 10.1. The van der Waals surface area contributed by atoms with Crippen LogP contribution in [0.15, 0.2) is 54.6 Å². The van der Waals surface area contributed by atoms with Crippen LogP contribution in [0.1, 0.15) is 15.9 Å². The first kappa shape index (κ1) is 14.1. The lowest BCUT2D eigenvalue weighted by Crippen LogP contribution is -2.29. The van der Waals surface area contributed by atoms with Gasteiger partial charge in [0.15, 0.2) is 6.23 Å². The second-order valence-corrected chi connectivity index (χ2v) is 4.37. The van der Waals surface area contributed by atoms with Gasteiger partial charge >= 0.3 is 5.97 Å². The second-order valence-electron chi connectivity index (χ2n) is 4.37. The van der Waals surface area contributed by atoms with Crippen LogP contribution >= 0.6 is 0 Å². The van der Waals surface area contributed by atoms with Crippen LogP contribution in [0, 0.1) is 0 Å². The van der Waals surface area contributed by atoms with Gasteiger partial charge in [0, 0.05) is 6.42 Å². The zero-order valence-electron chi connectivity index (χ0n) is 11.3. The van der Waals surface area contributed by atoms with E-state index in [2.05, 4.69) is 0 Å². The van der Waals surface area contributed by atoms with E-state index >= 15 is 0 Å². The Morgan fingerprint density at radius 3 is 2.60 bits per heavy atom. The molecule has 0 aliphatic carbocycles. The molecule has 1 unspecified atom stereocenters. The highest BCUT2D eigenvalue weighted by Gasteiger charge is 2.12. The van der Waals surface area contributed by atoms with Crippen LogP contribution in [-0.2, 0) is 11.2 Å². The summed E-state index contributed by atoms with van der Waals surface area (Å²) in [6.07, 6.45) is -0.245. The maximum Gasteiger partial charge on any atom is 0.339 e. The Bertz CT molecular complexity index is 569. The standard InChI is InChI=1S/C16H17NO3/c1-19-14-9-5-6-12(10-14)11-15(17)20-16(18)13-7-3-2-4-8-13/h2-10,15H,11,17H2,1H3. The molecule has 0 saturated carbocycles. The van der Waals surface area contributed by atoms with E-state index in [1.807, 2.05) is 30.3 Å². The predicted octanol–water partition coefficient (Wildman–Crippen LogP) is 2.38. The molecule has 0 amide bonds. The summed E-state index contributed by atoms with van der Waals surface area (Å²) in [4.78, 5) is 11.8. The Morgan fingerprint density at radius 2 is 1.90 bits per heavy atom. The van der Waals surface area contributed by atoms with E-state index in [0.717, 1.165) is 11.3 Å². The highest BCUT2D eigenvalue weighted by molar-refractivity contribution is 5.89. The van der Waals surface area contributed by atoms with Gasteiger partial charge < -0.3 is 9.47 Å². The fraction of sp³-hybridized carbons (Fsp3) is 0.188. The molecular weight excluding hydrogens is 254 g/mol. The number of carbonyl (C=O) groups excluding carboxylic acids is 1. The number of methoxy groups -OCH3 is 1. The summed E-state index contributed by atoms with van der Waals surface area (Å²) in [5, 5.41) is 0. The van der Waals surface area contributed by atoms with Crippen molar-refractivity contribution in [3.63, 3.8) is 0 Å². The average molecular weight is 271 g/mol. The van der Waals surface area contributed by atoms with E-state index in [1.54, 1.807) is 31.4 Å². The maximum atomic E-state index is 11.8. The van der Waals surface area contributed by atoms with Gasteiger partial charge in [-0.05, 0) is 29.8 Å². The fourth-order valence-corrected chi connectivity index (χ4v) is 1.85. The van der Waals surface area contributed by atoms with Crippen LogP contribution in [0.2, 0.25) is 0 Å². The van der Waals surface area contributed by atoms with E-state index in [4.69, 9.17) is 15.2 Å². The Labute approximate surface area is 118 Å². The predicted molar refractivity (Wildman–Crippen MR) is 76.5 cm³/mol. The summed E-state index contributed by atoms with van der Waals surface area (Å²) in [7, 11) is 1.61. The van der Waals surface area contributed by atoms with Gasteiger partial charge in [-0.3, -0.25) is 5.73 Å². The van der Waals surface area contributed by atoms with Gasteiger partial charge in [0.05, 0.1) is 12.7 Å². The minimum atomic E-state index is -0.685. The largest absolute Gasteiger partial charge is 0.497 e. The molecule has 4 nitrogen and oxygen atoms in total. The monoisotopic (exact) mass is 271 g/mol. The van der Waals surface area contributed by atoms with Gasteiger partial charge in [-0.1, -0.05) is 30.3 Å². The highest BCUT2D eigenvalue weighted by atomic mass is 16.6. The van der Waals surface area contributed by atoms with E-state index in [9.17, 15) is 4.79 Å². The van der Waals surface area contributed by atoms with Crippen LogP contribution in [0.25, 0.3) is 0 Å². The first-order valence-corrected chi connectivity index (χ1v) is 6.33. The number of hydrogen-bond acceptors (Lipinski definition) is 4. The van der Waals surface area contributed by atoms with Gasteiger partial charge in [-0.2, -0.15) is 0 Å². The van der Waals surface area contributed by atoms with Crippen molar-refractivity contribution >= 4 is 5.97 Å². The molecule has 0 radical (unpaired) electrons. The van der Waals surface area contributed by atoms with Crippen molar-refractivity contribution in [1.29, 1.82) is 0 Å². The zero-order valence-corrected chi connectivity index (χ0v) is 11.3. The molecule has 0 bridgehead atoms. The number of ether oxygens (including phenoxy) is 2. The average Bonchev–Trinajstić information content (AvgIpc) is 2.48. The van der Waals surface area contributed by atoms with Crippen LogP contribution in [-0.4, -0.2) is 19.3 Å². The molecule has 0 saturated heterocycles. The fourth-order valence-electron chi connectivity index (χ4n) is 1.85. The van der Waals surface area contributed by atoms with Crippen molar-refractivity contribution in [3.8, 4) is 5.75 Å². The van der Waals surface area contributed by atoms with Crippen molar-refractivity contribution in [1.82, 2.24) is 0 Å². The topological polar surface area (TPSA) is 61.6 Å². The van der Waals surface area contributed by atoms with E-state index in [-0.39, 0.29) is 0 Å². The molecule has 20 heavy (non-hydrogen) atoms. The van der Waals surface area contributed by atoms with E-state index in [0.29, 0.717) is 12.0 Å². The van der Waals surface area contributed by atoms with Crippen LogP contribution in [0.3, 0.4) is 0 Å². The third-order valence-corrected chi connectivity index (χ3v) is 2.84. The molecule has 2 rings (SSSR count). The van der Waals surface area contributed by atoms with E-state index in [1.165, 1.54) is 0 Å². The van der Waals surface area contributed by atoms with Gasteiger partial charge in [0.2, 0.25) is 0 Å². The SMILES string of the molecule is COc1cccc(CC(N)OC(=O)c2ccccc2)c1. The number of nitrogens with two attached hydrogens (primary N) is 1. The summed E-state index contributed by atoms with van der Waals surface area (Å²) < 4.78 is 10.4. The van der Waals surface area contributed by atoms with Crippen molar-refractivity contribution in [2.24, 2.45) is 5.73 Å². The third kappa shape index (κ3) is 3.83. The quantitative estimate of drug-likeness (QED) is 0.670. The summed E-state index contributed by atoms with van der Waals surface area (Å²) in [5.74, 6) is 0.338. The zero-order chi connectivity index (χ0) is 14.4. The van der Waals surface area contributed by atoms with Crippen molar-refractivity contribution < 1.29 is 14.3 Å². The van der Waals surface area contributed by atoms with Gasteiger partial charge in [0.1, 0.15) is 5.75 Å². The molecule has 2 aromatic carbocycles. The van der Waals surface area contributed by atoms with Gasteiger partial charge in [0.25, 0.3) is 0 Å². The van der Waals surface area contributed by atoms with E-state index < -0.39 is 12.2 Å². The third-order valence-electron chi connectivity index (χ3n) is 2.84. The maximum absolute atomic E-state index is 11.8. The number of benzene rings is 2. The summed E-state index contributed by atoms with van der Waals surface area (Å²) in [6, 6.07) is 16.3. The number of rotatable bonds is 5. The number of esters is 1. The Kier molecular flexibility index (Phi) is 4.74. The first-order valence-electron chi connectivity index (χ1n) is 6.33. The summed E-state index contributed by atoms with van der Waals surface area (Å²) >= 11 is 0. The van der Waals surface area contributed by atoms with Gasteiger partial charge in [-0.15, -0.1) is 0 Å².